The second kappa shape index (κ2) is 8.64. The predicted octanol–water partition coefficient (Wildman–Crippen LogP) is 2.45. The minimum atomic E-state index is -3.22. The molecule has 2 aliphatic rings. The molecular weight excluding hydrogens is 423 g/mol. The fourth-order valence-electron chi connectivity index (χ4n) is 2.75. The summed E-state index contributed by atoms with van der Waals surface area (Å²) in [6.45, 7) is 0.289. The number of nitrogens with one attached hydrogen (secondary N) is 1. The van der Waals surface area contributed by atoms with E-state index in [0.29, 0.717) is 21.2 Å². The first-order valence-corrected chi connectivity index (χ1v) is 11.4. The number of carbonyl (C=O) groups is 2. The molecule has 0 bridgehead atoms. The lowest BCUT2D eigenvalue weighted by molar-refractivity contribution is -0.124. The summed E-state index contributed by atoms with van der Waals surface area (Å²) >= 11 is 6.41. The molecule has 1 fully saturated rings. The summed E-state index contributed by atoms with van der Waals surface area (Å²) in [4.78, 5) is 26.3. The molecule has 1 N–H and O–H groups in total. The molecule has 1 aromatic rings. The van der Waals surface area contributed by atoms with Gasteiger partial charge in [0.1, 0.15) is 21.3 Å². The lowest BCUT2D eigenvalue weighted by atomic mass is 10.2. The number of thiocarbonyl (C=S) groups is 1. The number of sulfone groups is 1. The topological polar surface area (TPSA) is 89.5 Å². The molecule has 1 aromatic carbocycles. The van der Waals surface area contributed by atoms with Gasteiger partial charge in [0.2, 0.25) is 5.91 Å². The third kappa shape index (κ3) is 5.34. The van der Waals surface area contributed by atoms with E-state index in [4.69, 9.17) is 12.2 Å². The van der Waals surface area contributed by atoms with Gasteiger partial charge in [0.25, 0.3) is 5.91 Å². The summed E-state index contributed by atoms with van der Waals surface area (Å²) in [6, 6.07) is 5.27. The Kier molecular flexibility index (Phi) is 6.43. The first-order chi connectivity index (χ1) is 13.2. The van der Waals surface area contributed by atoms with Crippen LogP contribution in [0.15, 0.2) is 40.7 Å². The summed E-state index contributed by atoms with van der Waals surface area (Å²) in [5, 5.41) is 3.74. The molecule has 2 aliphatic heterocycles. The molecule has 0 spiro atoms. The summed E-state index contributed by atoms with van der Waals surface area (Å²) in [7, 11) is -3.22. The van der Waals surface area contributed by atoms with Gasteiger partial charge in [-0.3, -0.25) is 14.5 Å². The van der Waals surface area contributed by atoms with Crippen molar-refractivity contribution in [1.29, 1.82) is 0 Å². The Bertz CT molecular complexity index is 914. The number of benzene rings is 1. The SMILES string of the molecule is O=C(CCCN1C(=O)/C(=C\c2ccc(F)cc2)SC1=S)NC1C=C[S+](=O)([O-])C1. The summed E-state index contributed by atoms with van der Waals surface area (Å²) in [6.07, 6.45) is 3.65. The highest BCUT2D eigenvalue weighted by Crippen LogP contribution is 2.32. The number of hydrogen-bond donors (Lipinski definition) is 1. The minimum absolute atomic E-state index is 0.123. The second-order valence-corrected chi connectivity index (χ2v) is 9.93. The van der Waals surface area contributed by atoms with Crippen LogP contribution in [0, 0.1) is 5.82 Å². The Hall–Kier alpha value is -1.88. The normalized spacial score (nSPS) is 25.7. The maximum Gasteiger partial charge on any atom is 0.266 e. The molecule has 148 valence electrons. The maximum atomic E-state index is 13.0. The monoisotopic (exact) mass is 440 g/mol. The van der Waals surface area contributed by atoms with E-state index >= 15 is 0 Å². The third-order valence-electron chi connectivity index (χ3n) is 4.10. The van der Waals surface area contributed by atoms with Crippen molar-refractivity contribution in [3.8, 4) is 0 Å². The molecule has 2 unspecified atom stereocenters. The second-order valence-electron chi connectivity index (χ2n) is 6.32. The average Bonchev–Trinajstić information content (AvgIpc) is 3.09. The van der Waals surface area contributed by atoms with Gasteiger partial charge in [0.15, 0.2) is 0 Å². The molecule has 3 rings (SSSR count). The van der Waals surface area contributed by atoms with Gasteiger partial charge < -0.3 is 9.87 Å². The van der Waals surface area contributed by atoms with Crippen LogP contribution >= 0.6 is 24.0 Å². The smallest absolute Gasteiger partial charge is 0.266 e. The fourth-order valence-corrected chi connectivity index (χ4v) is 5.29. The van der Waals surface area contributed by atoms with E-state index in [9.17, 15) is 22.7 Å². The first-order valence-electron chi connectivity index (χ1n) is 8.45. The molecule has 1 saturated heterocycles. The van der Waals surface area contributed by atoms with Gasteiger partial charge in [-0.05, 0) is 36.3 Å². The minimum Gasteiger partial charge on any atom is -0.610 e. The van der Waals surface area contributed by atoms with Crippen molar-refractivity contribution in [3.63, 3.8) is 0 Å². The number of carbonyl (C=O) groups excluding carboxylic acids is 2. The molecule has 2 atom stereocenters. The van der Waals surface area contributed by atoms with Crippen LogP contribution in [0.4, 0.5) is 4.39 Å². The molecule has 0 radical (unpaired) electrons. The van der Waals surface area contributed by atoms with Crippen LogP contribution in [0.25, 0.3) is 6.08 Å². The maximum absolute atomic E-state index is 13.0. The van der Waals surface area contributed by atoms with E-state index < -0.39 is 16.3 Å². The lowest BCUT2D eigenvalue weighted by Gasteiger charge is -2.15. The quantitative estimate of drug-likeness (QED) is 0.415. The Morgan fingerprint density at radius 3 is 2.79 bits per heavy atom. The molecule has 2 heterocycles. The number of nitrogens with zero attached hydrogens (tertiary/aromatic N) is 1. The number of amides is 2. The average molecular weight is 441 g/mol. The highest BCUT2D eigenvalue weighted by molar-refractivity contribution is 8.26. The molecule has 6 nitrogen and oxygen atoms in total. The largest absolute Gasteiger partial charge is 0.610 e. The lowest BCUT2D eigenvalue weighted by Crippen LogP contribution is -2.37. The molecule has 0 saturated carbocycles. The Morgan fingerprint density at radius 1 is 1.43 bits per heavy atom. The predicted molar refractivity (Wildman–Crippen MR) is 110 cm³/mol. The van der Waals surface area contributed by atoms with Gasteiger partial charge in [0.05, 0.1) is 21.2 Å². The summed E-state index contributed by atoms with van der Waals surface area (Å²) < 4.78 is 36.1. The molecule has 0 aliphatic carbocycles. The molecule has 2 amide bonds. The van der Waals surface area contributed by atoms with Gasteiger partial charge in [0, 0.05) is 13.0 Å². The number of thioether (sulfide) groups is 1. The highest BCUT2D eigenvalue weighted by atomic mass is 32.3. The van der Waals surface area contributed by atoms with Crippen molar-refractivity contribution in [2.75, 3.05) is 12.3 Å². The Balaban J connectivity index is 1.49. The number of rotatable bonds is 6. The standard InChI is InChI=1S/C18H17FN2O4S3/c19-13-5-3-12(4-6-13)10-15-17(23)21(18(26)27-15)8-1-2-16(22)20-14-7-9-28(24,25)11-14/h3-7,9-10,14H,1-2,8,11H2,(H-,20,22,24,25)/b15-10+. The van der Waals surface area contributed by atoms with Crippen molar-refractivity contribution in [3.05, 3.63) is 52.0 Å². The fraction of sp³-hybridized carbons (Fsp3) is 0.278. The van der Waals surface area contributed by atoms with Gasteiger partial charge in [-0.1, -0.05) is 36.1 Å². The zero-order valence-electron chi connectivity index (χ0n) is 14.6. The van der Waals surface area contributed by atoms with E-state index in [2.05, 4.69) is 5.32 Å². The Labute approximate surface area is 172 Å². The van der Waals surface area contributed by atoms with Crippen molar-refractivity contribution in [1.82, 2.24) is 10.2 Å². The Morgan fingerprint density at radius 2 is 2.14 bits per heavy atom. The summed E-state index contributed by atoms with van der Waals surface area (Å²) in [5.74, 6) is -1.00. The zero-order chi connectivity index (χ0) is 20.3. The van der Waals surface area contributed by atoms with Crippen LogP contribution in [0.1, 0.15) is 18.4 Å². The number of halogens is 1. The van der Waals surface area contributed by atoms with E-state index in [1.165, 1.54) is 23.1 Å². The van der Waals surface area contributed by atoms with E-state index in [1.807, 2.05) is 0 Å². The van der Waals surface area contributed by atoms with Crippen LogP contribution in [-0.4, -0.2) is 43.9 Å². The molecule has 28 heavy (non-hydrogen) atoms. The van der Waals surface area contributed by atoms with E-state index in [1.54, 1.807) is 18.2 Å². The van der Waals surface area contributed by atoms with Gasteiger partial charge in [-0.15, -0.1) is 4.21 Å². The van der Waals surface area contributed by atoms with Gasteiger partial charge >= 0.3 is 0 Å². The van der Waals surface area contributed by atoms with E-state index in [0.717, 1.165) is 17.2 Å². The van der Waals surface area contributed by atoms with Gasteiger partial charge in [-0.25, -0.2) is 4.39 Å². The molecule has 10 heteroatoms. The third-order valence-corrected chi connectivity index (χ3v) is 6.88. The van der Waals surface area contributed by atoms with Crippen LogP contribution in [-0.2, 0) is 24.0 Å². The highest BCUT2D eigenvalue weighted by Gasteiger charge is 2.32. The van der Waals surface area contributed by atoms with Crippen LogP contribution in [0.3, 0.4) is 0 Å². The van der Waals surface area contributed by atoms with Crippen molar-refractivity contribution >= 4 is 56.4 Å². The van der Waals surface area contributed by atoms with Crippen LogP contribution in [0.5, 0.6) is 0 Å². The summed E-state index contributed by atoms with van der Waals surface area (Å²) in [5.41, 5.74) is 0.695. The van der Waals surface area contributed by atoms with E-state index in [-0.39, 0.29) is 36.4 Å². The zero-order valence-corrected chi connectivity index (χ0v) is 17.1. The first kappa shape index (κ1) is 20.8. The van der Waals surface area contributed by atoms with Gasteiger partial charge in [-0.2, -0.15) is 0 Å². The van der Waals surface area contributed by atoms with Crippen LogP contribution < -0.4 is 5.32 Å². The van der Waals surface area contributed by atoms with Crippen molar-refractivity contribution < 1.29 is 22.7 Å². The van der Waals surface area contributed by atoms with Crippen LogP contribution in [0.2, 0.25) is 0 Å². The number of hydrogen-bond acceptors (Lipinski definition) is 6. The molecule has 0 aromatic heterocycles. The van der Waals surface area contributed by atoms with Crippen molar-refractivity contribution in [2.45, 2.75) is 18.9 Å². The molecular formula is C18H17FN2O4S3. The van der Waals surface area contributed by atoms with Crippen molar-refractivity contribution in [2.24, 2.45) is 0 Å².